The average Bonchev–Trinajstić information content (AvgIpc) is 2.78. The van der Waals surface area contributed by atoms with Gasteiger partial charge in [-0.25, -0.2) is 0 Å². The molecule has 0 bridgehead atoms. The molecule has 1 aliphatic heterocycles. The standard InChI is InChI=1S/C23H24ClF6N3O/c24-19-5-3-16(4-6-19)21(34)31-7-1-2-8-32-9-11-33(12-10-32)20-14-17(22(25,26)27)13-18(15-20)23(28,29)30/h3-6,13-15H,1-2,7-12H2,(H,31,34). The van der Waals surface area contributed by atoms with Gasteiger partial charge in [0.2, 0.25) is 0 Å². The first-order valence-electron chi connectivity index (χ1n) is 10.7. The molecule has 2 aromatic rings. The fourth-order valence-electron chi connectivity index (χ4n) is 3.72. The lowest BCUT2D eigenvalue weighted by atomic mass is 10.1. The maximum atomic E-state index is 13.1. The molecule has 0 unspecified atom stereocenters. The number of rotatable bonds is 7. The largest absolute Gasteiger partial charge is 0.416 e. The number of anilines is 1. The number of carbonyl (C=O) groups excluding carboxylic acids is 1. The van der Waals surface area contributed by atoms with Gasteiger partial charge in [0.05, 0.1) is 11.1 Å². The highest BCUT2D eigenvalue weighted by atomic mass is 35.5. The number of hydrogen-bond acceptors (Lipinski definition) is 3. The molecule has 1 N–H and O–H groups in total. The zero-order valence-electron chi connectivity index (χ0n) is 18.1. The number of hydrogen-bond donors (Lipinski definition) is 1. The molecule has 0 radical (unpaired) electrons. The summed E-state index contributed by atoms with van der Waals surface area (Å²) >= 11 is 5.80. The van der Waals surface area contributed by atoms with Crippen LogP contribution in [0.4, 0.5) is 32.0 Å². The van der Waals surface area contributed by atoms with Gasteiger partial charge in [-0.1, -0.05) is 11.6 Å². The quantitative estimate of drug-likeness (QED) is 0.385. The number of halogens is 7. The van der Waals surface area contributed by atoms with Crippen LogP contribution >= 0.6 is 11.6 Å². The third kappa shape index (κ3) is 7.27. The van der Waals surface area contributed by atoms with Gasteiger partial charge in [0, 0.05) is 49.0 Å². The van der Waals surface area contributed by atoms with Crippen molar-refractivity contribution in [2.45, 2.75) is 25.2 Å². The summed E-state index contributed by atoms with van der Waals surface area (Å²) in [5, 5.41) is 3.37. The lowest BCUT2D eigenvalue weighted by Crippen LogP contribution is -2.46. The summed E-state index contributed by atoms with van der Waals surface area (Å²) in [6.07, 6.45) is -8.19. The number of nitrogens with one attached hydrogen (secondary N) is 1. The van der Waals surface area contributed by atoms with Crippen molar-refractivity contribution in [2.24, 2.45) is 0 Å². The van der Waals surface area contributed by atoms with E-state index < -0.39 is 23.5 Å². The van der Waals surface area contributed by atoms with Gasteiger partial charge in [-0.3, -0.25) is 9.69 Å². The third-order valence-electron chi connectivity index (χ3n) is 5.60. The second kappa shape index (κ2) is 10.9. The van der Waals surface area contributed by atoms with Crippen molar-refractivity contribution in [2.75, 3.05) is 44.2 Å². The van der Waals surface area contributed by atoms with Gasteiger partial charge in [-0.2, -0.15) is 26.3 Å². The van der Waals surface area contributed by atoms with Crippen LogP contribution in [-0.4, -0.2) is 50.1 Å². The van der Waals surface area contributed by atoms with Crippen LogP contribution in [-0.2, 0) is 12.4 Å². The molecule has 186 valence electrons. The molecule has 0 saturated carbocycles. The topological polar surface area (TPSA) is 35.6 Å². The van der Waals surface area contributed by atoms with Crippen molar-refractivity contribution < 1.29 is 31.1 Å². The minimum atomic E-state index is -4.86. The second-order valence-corrected chi connectivity index (χ2v) is 8.50. The Labute approximate surface area is 198 Å². The van der Waals surface area contributed by atoms with E-state index in [4.69, 9.17) is 11.6 Å². The molecule has 4 nitrogen and oxygen atoms in total. The first kappa shape index (κ1) is 26.2. The number of benzene rings is 2. The van der Waals surface area contributed by atoms with Crippen LogP contribution in [0.15, 0.2) is 42.5 Å². The van der Waals surface area contributed by atoms with Gasteiger partial charge in [-0.05, 0) is 61.9 Å². The molecule has 34 heavy (non-hydrogen) atoms. The van der Waals surface area contributed by atoms with E-state index in [0.29, 0.717) is 43.3 Å². The minimum Gasteiger partial charge on any atom is -0.369 e. The van der Waals surface area contributed by atoms with Crippen LogP contribution in [0, 0.1) is 0 Å². The Bertz CT molecular complexity index is 938. The van der Waals surface area contributed by atoms with E-state index in [1.807, 2.05) is 0 Å². The summed E-state index contributed by atoms with van der Waals surface area (Å²) in [5.41, 5.74) is -2.17. The third-order valence-corrected chi connectivity index (χ3v) is 5.85. The number of carbonyl (C=O) groups is 1. The van der Waals surface area contributed by atoms with Gasteiger partial charge in [0.25, 0.3) is 5.91 Å². The highest BCUT2D eigenvalue weighted by Gasteiger charge is 2.37. The Balaban J connectivity index is 1.45. The van der Waals surface area contributed by atoms with Crippen LogP contribution in [0.2, 0.25) is 5.02 Å². The van der Waals surface area contributed by atoms with Gasteiger partial charge in [0.15, 0.2) is 0 Å². The van der Waals surface area contributed by atoms with Crippen molar-refractivity contribution in [1.82, 2.24) is 10.2 Å². The van der Waals surface area contributed by atoms with E-state index in [1.165, 1.54) is 0 Å². The normalized spacial score (nSPS) is 15.4. The van der Waals surface area contributed by atoms with Crippen LogP contribution in [0.5, 0.6) is 0 Å². The average molecular weight is 508 g/mol. The molecule has 0 atom stereocenters. The van der Waals surface area contributed by atoms with E-state index in [9.17, 15) is 31.1 Å². The minimum absolute atomic E-state index is 0.0771. The summed E-state index contributed by atoms with van der Waals surface area (Å²) in [4.78, 5) is 15.7. The van der Waals surface area contributed by atoms with Crippen molar-refractivity contribution in [3.8, 4) is 0 Å². The summed E-state index contributed by atoms with van der Waals surface area (Å²) < 4.78 is 78.6. The number of unbranched alkanes of at least 4 members (excludes halogenated alkanes) is 1. The summed E-state index contributed by atoms with van der Waals surface area (Å²) in [6.45, 7) is 2.91. The van der Waals surface area contributed by atoms with Crippen molar-refractivity contribution in [3.63, 3.8) is 0 Å². The molecule has 3 rings (SSSR count). The first-order chi connectivity index (χ1) is 15.9. The van der Waals surface area contributed by atoms with E-state index in [1.54, 1.807) is 29.2 Å². The lowest BCUT2D eigenvalue weighted by molar-refractivity contribution is -0.143. The van der Waals surface area contributed by atoms with Gasteiger partial charge in [0.1, 0.15) is 0 Å². The molecule has 0 aliphatic carbocycles. The molecule has 1 amide bonds. The SMILES string of the molecule is O=C(NCCCCN1CCN(c2cc(C(F)(F)F)cc(C(F)(F)F)c2)CC1)c1ccc(Cl)cc1. The Hall–Kier alpha value is -2.46. The molecule has 1 heterocycles. The van der Waals surface area contributed by atoms with Gasteiger partial charge < -0.3 is 10.2 Å². The molecular weight excluding hydrogens is 484 g/mol. The predicted molar refractivity (Wildman–Crippen MR) is 118 cm³/mol. The molecule has 0 aromatic heterocycles. The maximum Gasteiger partial charge on any atom is 0.416 e. The number of amides is 1. The Morgan fingerprint density at radius 1 is 0.853 bits per heavy atom. The lowest BCUT2D eigenvalue weighted by Gasteiger charge is -2.36. The predicted octanol–water partition coefficient (Wildman–Crippen LogP) is 5.71. The van der Waals surface area contributed by atoms with E-state index in [2.05, 4.69) is 10.2 Å². The highest BCUT2D eigenvalue weighted by molar-refractivity contribution is 6.30. The highest BCUT2D eigenvalue weighted by Crippen LogP contribution is 2.38. The number of nitrogens with zero attached hydrogens (tertiary/aromatic N) is 2. The van der Waals surface area contributed by atoms with E-state index in [-0.39, 0.29) is 17.7 Å². The Morgan fingerprint density at radius 2 is 1.41 bits per heavy atom. The molecular formula is C23H24ClF6N3O. The zero-order valence-corrected chi connectivity index (χ0v) is 18.9. The molecule has 1 fully saturated rings. The summed E-state index contributed by atoms with van der Waals surface area (Å²) in [6, 6.07) is 8.24. The van der Waals surface area contributed by atoms with Crippen LogP contribution in [0.1, 0.15) is 34.3 Å². The fourth-order valence-corrected chi connectivity index (χ4v) is 3.84. The fraction of sp³-hybridized carbons (Fsp3) is 0.435. The molecule has 11 heteroatoms. The van der Waals surface area contributed by atoms with Crippen LogP contribution in [0.25, 0.3) is 0 Å². The van der Waals surface area contributed by atoms with Gasteiger partial charge >= 0.3 is 12.4 Å². The molecule has 1 aliphatic rings. The number of piperazine rings is 1. The van der Waals surface area contributed by atoms with Crippen molar-refractivity contribution in [3.05, 3.63) is 64.2 Å². The van der Waals surface area contributed by atoms with Crippen LogP contribution in [0.3, 0.4) is 0 Å². The van der Waals surface area contributed by atoms with Gasteiger partial charge in [-0.15, -0.1) is 0 Å². The molecule has 1 saturated heterocycles. The first-order valence-corrected chi connectivity index (χ1v) is 11.1. The molecule has 0 spiro atoms. The van der Waals surface area contributed by atoms with E-state index >= 15 is 0 Å². The van der Waals surface area contributed by atoms with Crippen LogP contribution < -0.4 is 10.2 Å². The summed E-state index contributed by atoms with van der Waals surface area (Å²) in [7, 11) is 0. The Kier molecular flexibility index (Phi) is 8.35. The molecule has 2 aromatic carbocycles. The maximum absolute atomic E-state index is 13.1. The van der Waals surface area contributed by atoms with Crippen molar-refractivity contribution in [1.29, 1.82) is 0 Å². The monoisotopic (exact) mass is 507 g/mol. The number of alkyl halides is 6. The smallest absolute Gasteiger partial charge is 0.369 e. The zero-order chi connectivity index (χ0) is 24.9. The van der Waals surface area contributed by atoms with Crippen molar-refractivity contribution >= 4 is 23.2 Å². The summed E-state index contributed by atoms with van der Waals surface area (Å²) in [5.74, 6) is -0.190. The Morgan fingerprint density at radius 3 is 1.94 bits per heavy atom. The van der Waals surface area contributed by atoms with E-state index in [0.717, 1.165) is 31.5 Å². The second-order valence-electron chi connectivity index (χ2n) is 8.06.